The van der Waals surface area contributed by atoms with Crippen molar-refractivity contribution >= 4 is 5.91 Å². The first kappa shape index (κ1) is 13.8. The SMILES string of the molecule is Cc1cccc(CN2CCc3ccccc3C2C(N)=O)n1. The standard InChI is InChI=1S/C17H19N3O/c1-12-5-4-7-14(19-12)11-20-10-9-13-6-2-3-8-15(13)16(20)17(18)21/h2-8,16H,9-11H2,1H3,(H2,18,21). The van der Waals surface area contributed by atoms with E-state index in [0.29, 0.717) is 6.54 Å². The van der Waals surface area contributed by atoms with Gasteiger partial charge in [-0.2, -0.15) is 0 Å². The third kappa shape index (κ3) is 2.81. The topological polar surface area (TPSA) is 59.2 Å². The Balaban J connectivity index is 1.91. The second-order valence-corrected chi connectivity index (χ2v) is 5.49. The van der Waals surface area contributed by atoms with Gasteiger partial charge in [-0.1, -0.05) is 30.3 Å². The van der Waals surface area contributed by atoms with E-state index in [1.807, 2.05) is 43.3 Å². The molecule has 108 valence electrons. The van der Waals surface area contributed by atoms with Gasteiger partial charge in [-0.15, -0.1) is 0 Å². The number of carbonyl (C=O) groups is 1. The molecule has 4 heteroatoms. The van der Waals surface area contributed by atoms with Crippen molar-refractivity contribution in [3.8, 4) is 0 Å². The van der Waals surface area contributed by atoms with Crippen LogP contribution in [0, 0.1) is 6.92 Å². The number of benzene rings is 1. The van der Waals surface area contributed by atoms with Crippen LogP contribution in [-0.2, 0) is 17.8 Å². The summed E-state index contributed by atoms with van der Waals surface area (Å²) in [5.74, 6) is -0.296. The Hall–Kier alpha value is -2.20. The van der Waals surface area contributed by atoms with Gasteiger partial charge < -0.3 is 5.73 Å². The van der Waals surface area contributed by atoms with Crippen LogP contribution in [-0.4, -0.2) is 22.3 Å². The maximum Gasteiger partial charge on any atom is 0.239 e. The molecule has 0 aliphatic carbocycles. The minimum atomic E-state index is -0.364. The van der Waals surface area contributed by atoms with Crippen LogP contribution in [0.25, 0.3) is 0 Å². The quantitative estimate of drug-likeness (QED) is 0.935. The molecule has 0 radical (unpaired) electrons. The molecule has 3 rings (SSSR count). The van der Waals surface area contributed by atoms with E-state index in [2.05, 4.69) is 16.0 Å². The van der Waals surface area contributed by atoms with E-state index >= 15 is 0 Å². The van der Waals surface area contributed by atoms with Gasteiger partial charge in [0, 0.05) is 18.8 Å². The smallest absolute Gasteiger partial charge is 0.239 e. The summed E-state index contributed by atoms with van der Waals surface area (Å²) < 4.78 is 0. The minimum Gasteiger partial charge on any atom is -0.368 e. The molecule has 0 spiro atoms. The van der Waals surface area contributed by atoms with E-state index in [-0.39, 0.29) is 11.9 Å². The Kier molecular flexibility index (Phi) is 3.71. The molecule has 1 atom stereocenters. The Labute approximate surface area is 124 Å². The average molecular weight is 281 g/mol. The van der Waals surface area contributed by atoms with Crippen LogP contribution in [0.3, 0.4) is 0 Å². The molecule has 1 aromatic carbocycles. The lowest BCUT2D eigenvalue weighted by atomic mass is 9.92. The molecular formula is C17H19N3O. The van der Waals surface area contributed by atoms with Gasteiger partial charge in [0.2, 0.25) is 5.91 Å². The number of primary amides is 1. The van der Waals surface area contributed by atoms with Crippen molar-refractivity contribution in [2.24, 2.45) is 5.73 Å². The number of pyridine rings is 1. The Morgan fingerprint density at radius 1 is 1.29 bits per heavy atom. The third-order valence-corrected chi connectivity index (χ3v) is 3.96. The number of nitrogens with zero attached hydrogens (tertiary/aromatic N) is 2. The van der Waals surface area contributed by atoms with Gasteiger partial charge in [0.05, 0.1) is 5.69 Å². The zero-order valence-electron chi connectivity index (χ0n) is 12.1. The number of hydrogen-bond acceptors (Lipinski definition) is 3. The van der Waals surface area contributed by atoms with Crippen molar-refractivity contribution in [3.05, 3.63) is 65.0 Å². The van der Waals surface area contributed by atoms with E-state index < -0.39 is 0 Å². The molecule has 1 aromatic heterocycles. The molecule has 2 aromatic rings. The first-order chi connectivity index (χ1) is 10.1. The molecule has 0 bridgehead atoms. The number of fused-ring (bicyclic) bond motifs is 1. The summed E-state index contributed by atoms with van der Waals surface area (Å²) in [5.41, 5.74) is 9.86. The van der Waals surface area contributed by atoms with Gasteiger partial charge in [0.15, 0.2) is 0 Å². The first-order valence-corrected chi connectivity index (χ1v) is 7.19. The lowest BCUT2D eigenvalue weighted by Crippen LogP contribution is -2.42. The molecule has 0 saturated carbocycles. The fourth-order valence-electron chi connectivity index (χ4n) is 3.02. The first-order valence-electron chi connectivity index (χ1n) is 7.19. The highest BCUT2D eigenvalue weighted by atomic mass is 16.1. The molecule has 21 heavy (non-hydrogen) atoms. The Morgan fingerprint density at radius 2 is 2.10 bits per heavy atom. The second kappa shape index (κ2) is 5.66. The summed E-state index contributed by atoms with van der Waals surface area (Å²) in [6, 6.07) is 13.6. The molecular weight excluding hydrogens is 262 g/mol. The van der Waals surface area contributed by atoms with Gasteiger partial charge >= 0.3 is 0 Å². The van der Waals surface area contributed by atoms with Crippen LogP contribution in [0.2, 0.25) is 0 Å². The molecule has 2 N–H and O–H groups in total. The van der Waals surface area contributed by atoms with Crippen molar-refractivity contribution in [2.75, 3.05) is 6.54 Å². The van der Waals surface area contributed by atoms with E-state index in [1.54, 1.807) is 0 Å². The number of hydrogen-bond donors (Lipinski definition) is 1. The lowest BCUT2D eigenvalue weighted by Gasteiger charge is -2.35. The second-order valence-electron chi connectivity index (χ2n) is 5.49. The van der Waals surface area contributed by atoms with Gasteiger partial charge in [0.25, 0.3) is 0 Å². The number of carbonyl (C=O) groups excluding carboxylic acids is 1. The van der Waals surface area contributed by atoms with Gasteiger partial charge in [-0.05, 0) is 36.6 Å². The van der Waals surface area contributed by atoms with Crippen LogP contribution < -0.4 is 5.73 Å². The largest absolute Gasteiger partial charge is 0.368 e. The zero-order valence-corrected chi connectivity index (χ0v) is 12.1. The van der Waals surface area contributed by atoms with Crippen LogP contribution in [0.1, 0.15) is 28.6 Å². The number of rotatable bonds is 3. The predicted molar refractivity (Wildman–Crippen MR) is 81.5 cm³/mol. The van der Waals surface area contributed by atoms with Crippen LogP contribution in [0.4, 0.5) is 0 Å². The average Bonchev–Trinajstić information content (AvgIpc) is 2.46. The summed E-state index contributed by atoms with van der Waals surface area (Å²) in [7, 11) is 0. The van der Waals surface area contributed by atoms with Crippen LogP contribution >= 0.6 is 0 Å². The van der Waals surface area contributed by atoms with Gasteiger partial charge in [0.1, 0.15) is 6.04 Å². The predicted octanol–water partition coefficient (Wildman–Crippen LogP) is 1.97. The van der Waals surface area contributed by atoms with Gasteiger partial charge in [-0.3, -0.25) is 14.7 Å². The molecule has 0 fully saturated rings. The van der Waals surface area contributed by atoms with E-state index in [9.17, 15) is 4.79 Å². The van der Waals surface area contributed by atoms with Crippen molar-refractivity contribution in [1.82, 2.24) is 9.88 Å². The normalized spacial score (nSPS) is 18.2. The highest BCUT2D eigenvalue weighted by Crippen LogP contribution is 2.30. The highest BCUT2D eigenvalue weighted by molar-refractivity contribution is 5.82. The third-order valence-electron chi connectivity index (χ3n) is 3.96. The van der Waals surface area contributed by atoms with E-state index in [0.717, 1.165) is 29.9 Å². The van der Waals surface area contributed by atoms with E-state index in [1.165, 1.54) is 5.56 Å². The molecule has 4 nitrogen and oxygen atoms in total. The highest BCUT2D eigenvalue weighted by Gasteiger charge is 2.31. The molecule has 2 heterocycles. The lowest BCUT2D eigenvalue weighted by molar-refractivity contribution is -0.124. The van der Waals surface area contributed by atoms with Crippen LogP contribution in [0.5, 0.6) is 0 Å². The van der Waals surface area contributed by atoms with E-state index in [4.69, 9.17) is 5.73 Å². The Morgan fingerprint density at radius 3 is 2.86 bits per heavy atom. The van der Waals surface area contributed by atoms with Crippen molar-refractivity contribution in [3.63, 3.8) is 0 Å². The van der Waals surface area contributed by atoms with Crippen molar-refractivity contribution in [2.45, 2.75) is 25.9 Å². The fourth-order valence-corrected chi connectivity index (χ4v) is 3.02. The summed E-state index contributed by atoms with van der Waals surface area (Å²) in [6.07, 6.45) is 0.936. The Bertz CT molecular complexity index is 669. The number of aromatic nitrogens is 1. The molecule has 1 unspecified atom stereocenters. The molecule has 1 amide bonds. The number of nitrogens with two attached hydrogens (primary N) is 1. The zero-order chi connectivity index (χ0) is 14.8. The molecule has 1 aliphatic rings. The summed E-state index contributed by atoms with van der Waals surface area (Å²) in [5, 5.41) is 0. The van der Waals surface area contributed by atoms with Crippen LogP contribution in [0.15, 0.2) is 42.5 Å². The van der Waals surface area contributed by atoms with Crippen molar-refractivity contribution in [1.29, 1.82) is 0 Å². The van der Waals surface area contributed by atoms with Crippen molar-refractivity contribution < 1.29 is 4.79 Å². The fraction of sp³-hybridized carbons (Fsp3) is 0.294. The minimum absolute atomic E-state index is 0.296. The maximum atomic E-state index is 11.9. The summed E-state index contributed by atoms with van der Waals surface area (Å²) >= 11 is 0. The van der Waals surface area contributed by atoms with Gasteiger partial charge in [-0.25, -0.2) is 0 Å². The number of amides is 1. The molecule has 0 saturated heterocycles. The monoisotopic (exact) mass is 281 g/mol. The maximum absolute atomic E-state index is 11.9. The summed E-state index contributed by atoms with van der Waals surface area (Å²) in [6.45, 7) is 3.43. The number of aryl methyl sites for hydroxylation is 1. The molecule has 1 aliphatic heterocycles. The summed E-state index contributed by atoms with van der Waals surface area (Å²) in [4.78, 5) is 18.6.